The molecular weight excluding hydrogens is 968 g/mol. The highest BCUT2D eigenvalue weighted by atomic mass is 19.1. The average Bonchev–Trinajstić information content (AvgIpc) is 4.28. The van der Waals surface area contributed by atoms with Gasteiger partial charge in [-0.15, -0.1) is 0 Å². The standard InChI is InChI=1S/C16H29NO2.C15H27NO3.C15H27NO2.C14H25NO3.CH3F/c1-5-13-11-14(13)10-12-6-8-17(9-7-12)15(18)19-16(2,3)4;1-15(2,3)19-14(18)16-6-4-11(5-7-16)8-12-9-13(12)10-17;1-5-6-7-8-13-9-11-16(12-10-13)14(17)18-15(2,3)4;1-14(2,3)18-13(17)15-9-7-12(8-10-15)6-4-5-11-16;1-2/h12-14H,5-11H2,1-4H3;11-13,17H,4-10H2,1-3H3;6-7,13H,5,8-12H2,1-4H3;4-5,12,16H,6-11H2,1-3H3;1H3/b;;7-6-;5-4-;/i;;;;1D. The lowest BCUT2D eigenvalue weighted by molar-refractivity contribution is 0.0168. The normalized spacial score (nSPS) is 23.1. The van der Waals surface area contributed by atoms with Crippen LogP contribution in [0.3, 0.4) is 0 Å². The molecule has 6 rings (SSSR count). The maximum atomic E-state index is 12.0. The number of piperidine rings is 4. The molecule has 15 heteroatoms. The first-order valence-electron chi connectivity index (χ1n) is 30.0. The van der Waals surface area contributed by atoms with Gasteiger partial charge >= 0.3 is 24.4 Å². The van der Waals surface area contributed by atoms with Crippen molar-refractivity contribution >= 4 is 24.4 Å². The van der Waals surface area contributed by atoms with Gasteiger partial charge in [0.1, 0.15) is 22.4 Å². The third-order valence-electron chi connectivity index (χ3n) is 14.8. The van der Waals surface area contributed by atoms with Gasteiger partial charge in [-0.1, -0.05) is 44.6 Å². The van der Waals surface area contributed by atoms with Gasteiger partial charge in [0.15, 0.2) is 0 Å². The summed E-state index contributed by atoms with van der Waals surface area (Å²) in [5.74, 6) is 6.19. The highest BCUT2D eigenvalue weighted by molar-refractivity contribution is 5.69. The van der Waals surface area contributed by atoms with E-state index in [1.165, 1.54) is 32.1 Å². The zero-order valence-corrected chi connectivity index (χ0v) is 50.3. The van der Waals surface area contributed by atoms with E-state index in [2.05, 4.69) is 26.0 Å². The largest absolute Gasteiger partial charge is 0.444 e. The molecule has 0 spiro atoms. The van der Waals surface area contributed by atoms with Gasteiger partial charge in [-0.05, 0) is 227 Å². The van der Waals surface area contributed by atoms with E-state index in [4.69, 9.17) is 30.5 Å². The number of nitrogens with zero attached hydrogens (tertiary/aromatic N) is 4. The highest BCUT2D eigenvalue weighted by Crippen LogP contribution is 2.47. The van der Waals surface area contributed by atoms with E-state index in [0.717, 1.165) is 158 Å². The van der Waals surface area contributed by atoms with Crippen molar-refractivity contribution in [3.63, 3.8) is 0 Å². The lowest BCUT2D eigenvalue weighted by atomic mass is 9.91. The van der Waals surface area contributed by atoms with Crippen molar-refractivity contribution in [2.75, 3.05) is 72.7 Å². The lowest BCUT2D eigenvalue weighted by Gasteiger charge is -2.33. The molecule has 4 heterocycles. The molecule has 6 fully saturated rings. The number of hydrogen-bond donors (Lipinski definition) is 2. The van der Waals surface area contributed by atoms with Crippen molar-refractivity contribution in [3.8, 4) is 0 Å². The molecule has 4 unspecified atom stereocenters. The average molecular weight is 1080 g/mol. The van der Waals surface area contributed by atoms with Gasteiger partial charge in [0.05, 0.1) is 15.1 Å². The summed E-state index contributed by atoms with van der Waals surface area (Å²) in [6, 6.07) is 0. The van der Waals surface area contributed by atoms with E-state index in [9.17, 15) is 23.6 Å². The van der Waals surface area contributed by atoms with Crippen LogP contribution in [0, 0.1) is 47.3 Å². The summed E-state index contributed by atoms with van der Waals surface area (Å²) in [6.45, 7) is 34.4. The molecule has 442 valence electrons. The maximum Gasteiger partial charge on any atom is 0.410 e. The fourth-order valence-corrected chi connectivity index (χ4v) is 10.3. The topological polar surface area (TPSA) is 159 Å². The molecule has 14 nitrogen and oxygen atoms in total. The fourth-order valence-electron chi connectivity index (χ4n) is 10.3. The zero-order valence-electron chi connectivity index (χ0n) is 51.3. The number of ether oxygens (including phenoxy) is 4. The third-order valence-corrected chi connectivity index (χ3v) is 14.8. The highest BCUT2D eigenvalue weighted by Gasteiger charge is 2.40. The van der Waals surface area contributed by atoms with Crippen LogP contribution in [-0.4, -0.2) is 149 Å². The van der Waals surface area contributed by atoms with Gasteiger partial charge in [0.2, 0.25) is 0 Å². The summed E-state index contributed by atoms with van der Waals surface area (Å²) in [7, 11) is -1.00. The second-order valence-electron chi connectivity index (χ2n) is 26.2. The van der Waals surface area contributed by atoms with Gasteiger partial charge in [-0.25, -0.2) is 19.2 Å². The van der Waals surface area contributed by atoms with E-state index < -0.39 is 24.0 Å². The van der Waals surface area contributed by atoms with Crippen LogP contribution in [0.5, 0.6) is 0 Å². The minimum atomic E-state index is -1.00. The second kappa shape index (κ2) is 33.8. The van der Waals surface area contributed by atoms with Crippen LogP contribution >= 0.6 is 0 Å². The van der Waals surface area contributed by atoms with Crippen LogP contribution in [0.25, 0.3) is 0 Å². The first-order valence-corrected chi connectivity index (χ1v) is 29.3. The number of amides is 4. The minimum Gasteiger partial charge on any atom is -0.444 e. The number of halogens is 1. The number of carbonyl (C=O) groups excluding carboxylic acids is 4. The van der Waals surface area contributed by atoms with E-state index in [1.807, 2.05) is 104 Å². The summed E-state index contributed by atoms with van der Waals surface area (Å²) >= 11 is 0. The number of likely N-dealkylation sites (tertiary alicyclic amines) is 4. The van der Waals surface area contributed by atoms with Crippen molar-refractivity contribution in [1.29, 1.82) is 0 Å². The first kappa shape index (κ1) is 66.7. The van der Waals surface area contributed by atoms with Gasteiger partial charge in [0, 0.05) is 59.0 Å². The number of carbonyl (C=O) groups is 4. The zero-order chi connectivity index (χ0) is 58.0. The Morgan fingerprint density at radius 2 is 0.750 bits per heavy atom. The van der Waals surface area contributed by atoms with Crippen LogP contribution in [0.15, 0.2) is 24.3 Å². The van der Waals surface area contributed by atoms with Crippen molar-refractivity contribution in [2.24, 2.45) is 47.3 Å². The first-order chi connectivity index (χ1) is 36.0. The Balaban J connectivity index is 0.000000345. The number of allylic oxidation sites excluding steroid dienone is 3. The molecule has 4 saturated heterocycles. The van der Waals surface area contributed by atoms with Crippen LogP contribution in [0.2, 0.25) is 0 Å². The summed E-state index contributed by atoms with van der Waals surface area (Å²) in [4.78, 5) is 54.9. The predicted octanol–water partition coefficient (Wildman–Crippen LogP) is 13.9. The van der Waals surface area contributed by atoms with Crippen molar-refractivity contribution in [3.05, 3.63) is 24.3 Å². The monoisotopic (exact) mass is 1080 g/mol. The molecule has 76 heavy (non-hydrogen) atoms. The minimum absolute atomic E-state index is 0.108. The Hall–Kier alpha value is -3.59. The van der Waals surface area contributed by atoms with Gasteiger partial charge in [0.25, 0.3) is 0 Å². The Labute approximate surface area is 463 Å². The quantitative estimate of drug-likeness (QED) is 0.142. The number of rotatable bonds is 12. The molecule has 0 bridgehead atoms. The molecule has 0 radical (unpaired) electrons. The van der Waals surface area contributed by atoms with Crippen LogP contribution in [0.1, 0.15) is 201 Å². The Morgan fingerprint density at radius 1 is 0.474 bits per heavy atom. The summed E-state index contributed by atoms with van der Waals surface area (Å²) < 4.78 is 37.1. The van der Waals surface area contributed by atoms with E-state index in [1.54, 1.807) is 11.0 Å². The summed E-state index contributed by atoms with van der Waals surface area (Å²) in [5.41, 5.74) is -1.60. The van der Waals surface area contributed by atoms with Gasteiger partial charge in [-0.2, -0.15) is 0 Å². The lowest BCUT2D eigenvalue weighted by Crippen LogP contribution is -2.41. The van der Waals surface area contributed by atoms with Crippen LogP contribution in [0.4, 0.5) is 23.6 Å². The van der Waals surface area contributed by atoms with E-state index in [-0.39, 0.29) is 36.6 Å². The van der Waals surface area contributed by atoms with E-state index >= 15 is 0 Å². The molecule has 2 N–H and O–H groups in total. The smallest absolute Gasteiger partial charge is 0.410 e. The molecule has 4 aliphatic heterocycles. The molecule has 2 aliphatic carbocycles. The molecule has 6 aliphatic rings. The summed E-state index contributed by atoms with van der Waals surface area (Å²) in [5, 5.41) is 17.7. The van der Waals surface area contributed by atoms with Gasteiger partial charge in [-0.3, -0.25) is 4.39 Å². The van der Waals surface area contributed by atoms with Crippen molar-refractivity contribution in [2.45, 2.75) is 222 Å². The number of aliphatic hydroxyl groups excluding tert-OH is 2. The number of aliphatic hydroxyl groups is 2. The van der Waals surface area contributed by atoms with Gasteiger partial charge < -0.3 is 48.8 Å². The molecule has 2 saturated carbocycles. The van der Waals surface area contributed by atoms with Crippen molar-refractivity contribution < 1.29 is 54.1 Å². The number of hydrogen-bond acceptors (Lipinski definition) is 10. The molecule has 0 aromatic rings. The van der Waals surface area contributed by atoms with Crippen LogP contribution in [-0.2, 0) is 18.9 Å². The molecule has 0 aromatic heterocycles. The molecule has 4 atom stereocenters. The predicted molar refractivity (Wildman–Crippen MR) is 304 cm³/mol. The van der Waals surface area contributed by atoms with E-state index in [0.29, 0.717) is 18.4 Å². The molecule has 4 amide bonds. The summed E-state index contributed by atoms with van der Waals surface area (Å²) in [6.07, 6.45) is 26.1. The van der Waals surface area contributed by atoms with Crippen molar-refractivity contribution in [1.82, 2.24) is 19.6 Å². The number of alkyl halides is 1. The van der Waals surface area contributed by atoms with Crippen LogP contribution < -0.4 is 0 Å². The molecular formula is C61H111FN4O10. The Kier molecular flexibility index (Phi) is 29.6. The third kappa shape index (κ3) is 30.0. The maximum absolute atomic E-state index is 12.0. The fraction of sp³-hybridized carbons (Fsp3) is 0.869. The molecule has 0 aromatic carbocycles. The Bertz CT molecular complexity index is 1600. The SMILES string of the molecule is CC(C)(C)OC(=O)N1CCC(C/C=C\CO)CC1.CC(C)(C)OC(=O)N1CCC(CC2CC2CO)CC1.CC/C=C\CC1CCN(C(=O)OC(C)(C)C)CC1.CCC1CC1CC1CCN(C(=O)OC(C)(C)C)CC1.[2H]CF. The second-order valence-corrected chi connectivity index (χ2v) is 26.2. The Morgan fingerprint density at radius 3 is 0.987 bits per heavy atom.